The number of carbonyl (C=O) groups is 1. The minimum atomic E-state index is -0.475. The van der Waals surface area contributed by atoms with E-state index in [9.17, 15) is 9.18 Å². The summed E-state index contributed by atoms with van der Waals surface area (Å²) in [5.74, 6) is -0.162. The van der Waals surface area contributed by atoms with Gasteiger partial charge in [-0.1, -0.05) is 0 Å². The van der Waals surface area contributed by atoms with Gasteiger partial charge in [-0.3, -0.25) is 4.79 Å². The summed E-state index contributed by atoms with van der Waals surface area (Å²) >= 11 is 0. The van der Waals surface area contributed by atoms with E-state index in [2.05, 4.69) is 25.5 Å². The van der Waals surface area contributed by atoms with Gasteiger partial charge in [-0.2, -0.15) is 15.0 Å². The van der Waals surface area contributed by atoms with Gasteiger partial charge in [-0.25, -0.2) is 14.4 Å². The normalized spacial score (nSPS) is 19.0. The third-order valence-corrected chi connectivity index (χ3v) is 5.37. The number of aryl methyl sites for hydroxylation is 2. The maximum absolute atomic E-state index is 14.0. The average molecular weight is 409 g/mol. The van der Waals surface area contributed by atoms with Crippen LogP contribution in [0.15, 0.2) is 36.7 Å². The average Bonchev–Trinajstić information content (AvgIpc) is 3.23. The molecule has 0 radical (unpaired) electrons. The number of piperidine rings is 1. The van der Waals surface area contributed by atoms with Crippen LogP contribution in [0.5, 0.6) is 0 Å². The number of likely N-dealkylation sites (tertiary alicyclic amines) is 1. The van der Waals surface area contributed by atoms with Crippen LogP contribution in [0.1, 0.15) is 41.5 Å². The van der Waals surface area contributed by atoms with E-state index in [0.717, 1.165) is 24.2 Å². The van der Waals surface area contributed by atoms with Crippen LogP contribution in [0.4, 0.5) is 10.3 Å². The number of rotatable bonds is 4. The Balaban J connectivity index is 1.60. The molecule has 4 rings (SSSR count). The molecule has 0 unspecified atom stereocenters. The van der Waals surface area contributed by atoms with Crippen LogP contribution in [0, 0.1) is 19.7 Å². The molecule has 3 aromatic rings. The van der Waals surface area contributed by atoms with E-state index in [1.807, 2.05) is 26.8 Å². The highest BCUT2D eigenvalue weighted by Crippen LogP contribution is 2.25. The molecule has 1 N–H and O–H groups in total. The van der Waals surface area contributed by atoms with E-state index in [1.165, 1.54) is 35.4 Å². The van der Waals surface area contributed by atoms with Crippen LogP contribution >= 0.6 is 0 Å². The third-order valence-electron chi connectivity index (χ3n) is 5.37. The second-order valence-electron chi connectivity index (χ2n) is 7.59. The summed E-state index contributed by atoms with van der Waals surface area (Å²) in [4.78, 5) is 25.4. The number of anilines is 1. The zero-order chi connectivity index (χ0) is 21.3. The number of nitrogens with zero attached hydrogens (tertiary/aromatic N) is 6. The first-order valence-electron chi connectivity index (χ1n) is 9.98. The third kappa shape index (κ3) is 4.00. The van der Waals surface area contributed by atoms with Crippen LogP contribution in [0.2, 0.25) is 0 Å². The molecule has 1 aliphatic rings. The van der Waals surface area contributed by atoms with Crippen molar-refractivity contribution >= 4 is 11.9 Å². The molecule has 1 fully saturated rings. The number of benzene rings is 1. The van der Waals surface area contributed by atoms with Gasteiger partial charge < -0.3 is 10.2 Å². The van der Waals surface area contributed by atoms with E-state index < -0.39 is 5.82 Å². The van der Waals surface area contributed by atoms with Gasteiger partial charge in [0.1, 0.15) is 5.82 Å². The first kappa shape index (κ1) is 19.9. The molecule has 0 spiro atoms. The molecule has 0 saturated carbocycles. The molecule has 2 atom stereocenters. The number of nitrogens with one attached hydrogen (secondary N) is 1. The molecule has 30 heavy (non-hydrogen) atoms. The van der Waals surface area contributed by atoms with Gasteiger partial charge in [-0.15, -0.1) is 0 Å². The smallest absolute Gasteiger partial charge is 0.256 e. The SMILES string of the molecule is Cc1cc(C)nc(N[C@@H]2CCCN(C(=O)c3cc(F)ccc3-n3nccn3)[C@H]2C)n1. The molecule has 0 bridgehead atoms. The van der Waals surface area contributed by atoms with Gasteiger partial charge in [0.15, 0.2) is 0 Å². The molecular weight excluding hydrogens is 385 g/mol. The number of halogens is 1. The monoisotopic (exact) mass is 409 g/mol. The number of carbonyl (C=O) groups excluding carboxylic acids is 1. The van der Waals surface area contributed by atoms with Gasteiger partial charge in [0.2, 0.25) is 5.95 Å². The summed E-state index contributed by atoms with van der Waals surface area (Å²) < 4.78 is 14.0. The summed E-state index contributed by atoms with van der Waals surface area (Å²) in [5, 5.41) is 11.6. The largest absolute Gasteiger partial charge is 0.349 e. The fraction of sp³-hybridized carbons (Fsp3) is 0.381. The molecule has 2 aromatic heterocycles. The van der Waals surface area contributed by atoms with Crippen molar-refractivity contribution in [2.75, 3.05) is 11.9 Å². The number of aromatic nitrogens is 5. The van der Waals surface area contributed by atoms with Gasteiger partial charge in [0, 0.05) is 30.0 Å². The Labute approximate surface area is 174 Å². The minimum absolute atomic E-state index is 0.0104. The van der Waals surface area contributed by atoms with Crippen molar-refractivity contribution in [1.82, 2.24) is 29.9 Å². The Hall–Kier alpha value is -3.36. The van der Waals surface area contributed by atoms with E-state index >= 15 is 0 Å². The zero-order valence-corrected chi connectivity index (χ0v) is 17.2. The molecular formula is C21H24FN7O. The van der Waals surface area contributed by atoms with Crippen molar-refractivity contribution in [3.05, 3.63) is 59.4 Å². The summed E-state index contributed by atoms with van der Waals surface area (Å²) in [6.07, 6.45) is 4.75. The first-order valence-corrected chi connectivity index (χ1v) is 9.98. The minimum Gasteiger partial charge on any atom is -0.349 e. The van der Waals surface area contributed by atoms with E-state index in [1.54, 1.807) is 4.90 Å². The lowest BCUT2D eigenvalue weighted by Gasteiger charge is -2.40. The molecule has 8 nitrogen and oxygen atoms in total. The molecule has 156 valence electrons. The van der Waals surface area contributed by atoms with Crippen molar-refractivity contribution in [2.24, 2.45) is 0 Å². The number of amides is 1. The number of hydrogen-bond acceptors (Lipinski definition) is 6. The summed E-state index contributed by atoms with van der Waals surface area (Å²) in [6, 6.07) is 5.85. The highest BCUT2D eigenvalue weighted by Gasteiger charge is 2.33. The summed E-state index contributed by atoms with van der Waals surface area (Å²) in [7, 11) is 0. The second-order valence-corrected chi connectivity index (χ2v) is 7.59. The van der Waals surface area contributed by atoms with Crippen LogP contribution in [0.3, 0.4) is 0 Å². The highest BCUT2D eigenvalue weighted by molar-refractivity contribution is 5.98. The van der Waals surface area contributed by atoms with Crippen LogP contribution in [-0.4, -0.2) is 54.4 Å². The lowest BCUT2D eigenvalue weighted by molar-refractivity contribution is 0.0615. The molecule has 3 heterocycles. The van der Waals surface area contributed by atoms with Gasteiger partial charge >= 0.3 is 0 Å². The Morgan fingerprint density at radius 3 is 2.53 bits per heavy atom. The molecule has 1 saturated heterocycles. The van der Waals surface area contributed by atoms with Crippen molar-refractivity contribution in [1.29, 1.82) is 0 Å². The fourth-order valence-corrected chi connectivity index (χ4v) is 3.93. The van der Waals surface area contributed by atoms with Crippen LogP contribution in [0.25, 0.3) is 5.69 Å². The predicted octanol–water partition coefficient (Wildman–Crippen LogP) is 2.92. The Bertz CT molecular complexity index is 1030. The van der Waals surface area contributed by atoms with E-state index in [4.69, 9.17) is 0 Å². The lowest BCUT2D eigenvalue weighted by Crippen LogP contribution is -2.52. The summed E-state index contributed by atoms with van der Waals surface area (Å²) in [6.45, 7) is 6.43. The van der Waals surface area contributed by atoms with Crippen LogP contribution < -0.4 is 5.32 Å². The zero-order valence-electron chi connectivity index (χ0n) is 17.2. The standard InChI is InChI=1S/C21H24FN7O/c1-13-11-14(2)26-21(25-13)27-18-5-4-10-28(15(18)3)20(30)17-12-16(22)6-7-19(17)29-23-8-9-24-29/h6-9,11-12,15,18H,4-5,10H2,1-3H3,(H,25,26,27)/t15-,18+/m0/s1. The maximum atomic E-state index is 14.0. The van der Waals surface area contributed by atoms with Crippen molar-refractivity contribution in [2.45, 2.75) is 45.7 Å². The predicted molar refractivity (Wildman–Crippen MR) is 110 cm³/mol. The molecule has 9 heteroatoms. The lowest BCUT2D eigenvalue weighted by atomic mass is 9.96. The summed E-state index contributed by atoms with van der Waals surface area (Å²) in [5.41, 5.74) is 2.46. The van der Waals surface area contributed by atoms with E-state index in [0.29, 0.717) is 18.2 Å². The molecule has 1 aromatic carbocycles. The maximum Gasteiger partial charge on any atom is 0.256 e. The Morgan fingerprint density at radius 1 is 1.13 bits per heavy atom. The van der Waals surface area contributed by atoms with Gasteiger partial charge in [-0.05, 0) is 57.9 Å². The Morgan fingerprint density at radius 2 is 1.83 bits per heavy atom. The second kappa shape index (κ2) is 8.17. The molecule has 1 aliphatic heterocycles. The van der Waals surface area contributed by atoms with Gasteiger partial charge in [0.05, 0.1) is 23.6 Å². The first-order chi connectivity index (χ1) is 14.4. The van der Waals surface area contributed by atoms with E-state index in [-0.39, 0.29) is 23.6 Å². The van der Waals surface area contributed by atoms with Crippen molar-refractivity contribution < 1.29 is 9.18 Å². The quantitative estimate of drug-likeness (QED) is 0.713. The van der Waals surface area contributed by atoms with Crippen molar-refractivity contribution in [3.8, 4) is 5.69 Å². The molecule has 0 aliphatic carbocycles. The van der Waals surface area contributed by atoms with Crippen LogP contribution in [-0.2, 0) is 0 Å². The molecule has 1 amide bonds. The Kier molecular flexibility index (Phi) is 5.43. The van der Waals surface area contributed by atoms with Gasteiger partial charge in [0.25, 0.3) is 5.91 Å². The topological polar surface area (TPSA) is 88.8 Å². The fourth-order valence-electron chi connectivity index (χ4n) is 3.93. The highest BCUT2D eigenvalue weighted by atomic mass is 19.1. The number of hydrogen-bond donors (Lipinski definition) is 1. The van der Waals surface area contributed by atoms with Crippen molar-refractivity contribution in [3.63, 3.8) is 0 Å².